The van der Waals surface area contributed by atoms with Crippen LogP contribution >= 0.6 is 11.3 Å². The molecule has 1 spiro atoms. The van der Waals surface area contributed by atoms with Crippen LogP contribution in [0.15, 0.2) is 35.8 Å². The number of amides is 2. The van der Waals surface area contributed by atoms with Crippen molar-refractivity contribution >= 4 is 23.2 Å². The van der Waals surface area contributed by atoms with Crippen LogP contribution in [-0.2, 0) is 11.3 Å². The highest BCUT2D eigenvalue weighted by molar-refractivity contribution is 7.12. The van der Waals surface area contributed by atoms with Gasteiger partial charge in [-0.3, -0.25) is 14.6 Å². The van der Waals surface area contributed by atoms with E-state index >= 15 is 0 Å². The van der Waals surface area contributed by atoms with E-state index in [-0.39, 0.29) is 23.1 Å². The Morgan fingerprint density at radius 2 is 2.23 bits per heavy atom. The molecule has 2 fully saturated rings. The van der Waals surface area contributed by atoms with Gasteiger partial charge in [-0.1, -0.05) is 6.07 Å². The number of aromatic nitrogens is 1. The Kier molecular flexibility index (Phi) is 4.31. The van der Waals surface area contributed by atoms with E-state index in [1.807, 2.05) is 48.5 Å². The van der Waals surface area contributed by atoms with Gasteiger partial charge in [-0.05, 0) is 48.9 Å². The van der Waals surface area contributed by atoms with Crippen LogP contribution in [0.5, 0.6) is 0 Å². The molecule has 0 unspecified atom stereocenters. The zero-order chi connectivity index (χ0) is 18.3. The van der Waals surface area contributed by atoms with Gasteiger partial charge in [0.05, 0.1) is 17.1 Å². The highest BCUT2D eigenvalue weighted by Gasteiger charge is 2.62. The smallest absolute Gasteiger partial charge is 0.264 e. The predicted molar refractivity (Wildman–Crippen MR) is 101 cm³/mol. The zero-order valence-corrected chi connectivity index (χ0v) is 16.0. The number of rotatable bonds is 4. The summed E-state index contributed by atoms with van der Waals surface area (Å²) < 4.78 is 0. The van der Waals surface area contributed by atoms with Crippen molar-refractivity contribution in [2.75, 3.05) is 20.1 Å². The summed E-state index contributed by atoms with van der Waals surface area (Å²) in [5.41, 5.74) is 1.94. The minimum atomic E-state index is -0.00369. The van der Waals surface area contributed by atoms with Gasteiger partial charge in [0.1, 0.15) is 0 Å². The molecule has 1 aliphatic heterocycles. The number of aryl methyl sites for hydroxylation is 1. The number of carbonyl (C=O) groups is 2. The molecule has 2 aromatic heterocycles. The Hall–Kier alpha value is -2.21. The third kappa shape index (κ3) is 3.03. The van der Waals surface area contributed by atoms with E-state index < -0.39 is 0 Å². The topological polar surface area (TPSA) is 53.5 Å². The highest BCUT2D eigenvalue weighted by atomic mass is 32.1. The second kappa shape index (κ2) is 6.50. The maximum absolute atomic E-state index is 12.8. The lowest BCUT2D eigenvalue weighted by atomic mass is 10.0. The number of hydrogen-bond acceptors (Lipinski definition) is 4. The van der Waals surface area contributed by atoms with E-state index in [0.717, 1.165) is 35.5 Å². The first-order chi connectivity index (χ1) is 12.5. The lowest BCUT2D eigenvalue weighted by Gasteiger charge is -2.19. The molecule has 2 amide bonds. The molecule has 2 aliphatic rings. The maximum Gasteiger partial charge on any atom is 0.264 e. The molecule has 2 atom stereocenters. The summed E-state index contributed by atoms with van der Waals surface area (Å²) in [6.07, 6.45) is 3.57. The third-order valence-electron chi connectivity index (χ3n) is 5.72. The largest absolute Gasteiger partial charge is 0.340 e. The maximum atomic E-state index is 12.8. The number of likely N-dealkylation sites (tertiary alicyclic amines) is 1. The van der Waals surface area contributed by atoms with E-state index in [9.17, 15) is 9.59 Å². The van der Waals surface area contributed by atoms with Crippen LogP contribution in [0, 0.1) is 18.3 Å². The summed E-state index contributed by atoms with van der Waals surface area (Å²) in [6, 6.07) is 7.73. The van der Waals surface area contributed by atoms with Crippen molar-refractivity contribution in [2.24, 2.45) is 11.3 Å². The molecule has 3 heterocycles. The normalized spacial score (nSPS) is 24.1. The fourth-order valence-corrected chi connectivity index (χ4v) is 4.92. The van der Waals surface area contributed by atoms with Crippen molar-refractivity contribution in [3.05, 3.63) is 52.0 Å². The van der Waals surface area contributed by atoms with Crippen LogP contribution in [0.2, 0.25) is 0 Å². The zero-order valence-electron chi connectivity index (χ0n) is 15.1. The van der Waals surface area contributed by atoms with Gasteiger partial charge in [0.25, 0.3) is 5.91 Å². The molecule has 4 rings (SSSR count). The fourth-order valence-electron chi connectivity index (χ4n) is 4.03. The Morgan fingerprint density at radius 3 is 2.92 bits per heavy atom. The van der Waals surface area contributed by atoms with Gasteiger partial charge in [0.2, 0.25) is 5.91 Å². The van der Waals surface area contributed by atoms with Gasteiger partial charge >= 0.3 is 0 Å². The Labute approximate surface area is 157 Å². The Bertz CT molecular complexity index is 835. The van der Waals surface area contributed by atoms with Crippen LogP contribution < -0.4 is 0 Å². The predicted octanol–water partition coefficient (Wildman–Crippen LogP) is 2.96. The fraction of sp³-hybridized carbons (Fsp3) is 0.450. The molecule has 0 N–H and O–H groups in total. The summed E-state index contributed by atoms with van der Waals surface area (Å²) >= 11 is 1.50. The van der Waals surface area contributed by atoms with Crippen molar-refractivity contribution in [1.29, 1.82) is 0 Å². The quantitative estimate of drug-likeness (QED) is 0.833. The molecule has 1 saturated heterocycles. The van der Waals surface area contributed by atoms with E-state index in [2.05, 4.69) is 4.98 Å². The first-order valence-electron chi connectivity index (χ1n) is 8.98. The van der Waals surface area contributed by atoms with Gasteiger partial charge < -0.3 is 9.80 Å². The van der Waals surface area contributed by atoms with Crippen LogP contribution in [0.3, 0.4) is 0 Å². The van der Waals surface area contributed by atoms with Gasteiger partial charge in [0, 0.05) is 37.7 Å². The van der Waals surface area contributed by atoms with E-state index in [1.54, 1.807) is 11.1 Å². The molecule has 26 heavy (non-hydrogen) atoms. The van der Waals surface area contributed by atoms with E-state index in [0.29, 0.717) is 13.1 Å². The standard InChI is InChI=1S/C20H23N3O2S/c1-14-6-10-26-17(14)19(25)23-9-7-20(13-23)11-16(20)18(24)22(2)12-15-5-3-4-8-21-15/h3-6,8,10,16H,7,9,11-13H2,1-2H3/t16-,20+/m0/s1. The summed E-state index contributed by atoms with van der Waals surface area (Å²) in [6.45, 7) is 3.97. The lowest BCUT2D eigenvalue weighted by Crippen LogP contribution is -2.32. The molecule has 136 valence electrons. The van der Waals surface area contributed by atoms with Crippen molar-refractivity contribution < 1.29 is 9.59 Å². The van der Waals surface area contributed by atoms with Crippen LogP contribution in [0.25, 0.3) is 0 Å². The number of carbonyl (C=O) groups excluding carboxylic acids is 2. The Morgan fingerprint density at radius 1 is 1.38 bits per heavy atom. The third-order valence-corrected chi connectivity index (χ3v) is 6.72. The molecular formula is C20H23N3O2S. The van der Waals surface area contributed by atoms with E-state index in [4.69, 9.17) is 0 Å². The molecule has 5 nitrogen and oxygen atoms in total. The second-order valence-corrected chi connectivity index (χ2v) is 8.46. The van der Waals surface area contributed by atoms with Crippen molar-refractivity contribution in [3.8, 4) is 0 Å². The average Bonchev–Trinajstić information content (AvgIpc) is 2.94. The number of nitrogens with zero attached hydrogens (tertiary/aromatic N) is 3. The van der Waals surface area contributed by atoms with Gasteiger partial charge in [0.15, 0.2) is 0 Å². The molecule has 6 heteroatoms. The molecule has 0 radical (unpaired) electrons. The van der Waals surface area contributed by atoms with Gasteiger partial charge in [-0.25, -0.2) is 0 Å². The average molecular weight is 369 g/mol. The minimum Gasteiger partial charge on any atom is -0.340 e. The molecule has 0 aromatic carbocycles. The number of pyridine rings is 1. The van der Waals surface area contributed by atoms with Crippen molar-refractivity contribution in [2.45, 2.75) is 26.3 Å². The number of thiophene rings is 1. The van der Waals surface area contributed by atoms with Gasteiger partial charge in [-0.2, -0.15) is 0 Å². The molecule has 1 saturated carbocycles. The van der Waals surface area contributed by atoms with Crippen LogP contribution in [0.4, 0.5) is 0 Å². The van der Waals surface area contributed by atoms with Crippen LogP contribution in [0.1, 0.15) is 33.8 Å². The van der Waals surface area contributed by atoms with Crippen molar-refractivity contribution in [1.82, 2.24) is 14.8 Å². The monoisotopic (exact) mass is 369 g/mol. The van der Waals surface area contributed by atoms with Gasteiger partial charge in [-0.15, -0.1) is 11.3 Å². The number of hydrogen-bond donors (Lipinski definition) is 0. The molecular weight excluding hydrogens is 346 g/mol. The molecule has 2 aromatic rings. The molecule has 0 bridgehead atoms. The second-order valence-electron chi connectivity index (χ2n) is 7.54. The van der Waals surface area contributed by atoms with Crippen LogP contribution in [-0.4, -0.2) is 46.7 Å². The highest BCUT2D eigenvalue weighted by Crippen LogP contribution is 2.59. The minimum absolute atomic E-state index is 0.00369. The summed E-state index contributed by atoms with van der Waals surface area (Å²) in [4.78, 5) is 34.4. The molecule has 1 aliphatic carbocycles. The lowest BCUT2D eigenvalue weighted by molar-refractivity contribution is -0.132. The van der Waals surface area contributed by atoms with E-state index in [1.165, 1.54) is 11.3 Å². The first-order valence-corrected chi connectivity index (χ1v) is 9.86. The summed E-state index contributed by atoms with van der Waals surface area (Å²) in [7, 11) is 1.84. The van der Waals surface area contributed by atoms with Crippen molar-refractivity contribution in [3.63, 3.8) is 0 Å². The summed E-state index contributed by atoms with van der Waals surface area (Å²) in [5.74, 6) is 0.338. The first kappa shape index (κ1) is 17.2. The summed E-state index contributed by atoms with van der Waals surface area (Å²) in [5, 5.41) is 1.96. The SMILES string of the molecule is Cc1ccsc1C(=O)N1CC[C@@]2(C[C@H]2C(=O)N(C)Cc2ccccn2)C1. The Balaban J connectivity index is 1.38.